The van der Waals surface area contributed by atoms with Gasteiger partial charge in [0, 0.05) is 49.0 Å². The van der Waals surface area contributed by atoms with Crippen LogP contribution in [0.25, 0.3) is 17.0 Å². The molecule has 0 N–H and O–H groups in total. The molecule has 0 saturated heterocycles. The minimum Gasteiger partial charge on any atom is -0.463 e. The predicted molar refractivity (Wildman–Crippen MR) is 149 cm³/mol. The maximum Gasteiger partial charge on any atom is 0.338 e. The molecule has 0 amide bonds. The molecule has 0 radical (unpaired) electrons. The number of carbonyl (C=O) groups excluding carboxylic acids is 1. The standard InChI is InChI=1S/C29H30N4O3S/c1-7-36-28(35)25-17(2)30-29-33(26(25)19-12-14-20(15-13-19)31(4)5)27(34)24(37-29)16-22-18(3)32(6)23-11-9-8-10-21(22)23/h8-16,26H,7H2,1-6H3/b24-16-/t26-/m1/s1. The number of hydrogen-bond donors (Lipinski definition) is 0. The van der Waals surface area contributed by atoms with E-state index in [-0.39, 0.29) is 12.2 Å². The minimum atomic E-state index is -0.623. The summed E-state index contributed by atoms with van der Waals surface area (Å²) in [6.45, 7) is 5.88. The topological polar surface area (TPSA) is 68.8 Å². The molecule has 0 unspecified atom stereocenters. The van der Waals surface area contributed by atoms with Crippen LogP contribution in [0.4, 0.5) is 5.69 Å². The van der Waals surface area contributed by atoms with Crippen LogP contribution in [0.2, 0.25) is 0 Å². The molecule has 1 aliphatic heterocycles. The summed E-state index contributed by atoms with van der Waals surface area (Å²) in [6, 6.07) is 15.5. The summed E-state index contributed by atoms with van der Waals surface area (Å²) in [4.78, 5) is 34.3. The summed E-state index contributed by atoms with van der Waals surface area (Å²) in [5, 5.41) is 1.09. The van der Waals surface area contributed by atoms with Crippen molar-refractivity contribution >= 4 is 40.0 Å². The Hall–Kier alpha value is -3.91. The number of anilines is 1. The highest BCUT2D eigenvalue weighted by atomic mass is 32.1. The molecule has 0 bridgehead atoms. The zero-order valence-electron chi connectivity index (χ0n) is 21.9. The van der Waals surface area contributed by atoms with Crippen LogP contribution in [-0.2, 0) is 16.6 Å². The number of fused-ring (bicyclic) bond motifs is 2. The van der Waals surface area contributed by atoms with Crippen molar-refractivity contribution in [2.24, 2.45) is 12.0 Å². The van der Waals surface area contributed by atoms with Gasteiger partial charge in [-0.25, -0.2) is 9.79 Å². The number of allylic oxidation sites excluding steroid dienone is 1. The van der Waals surface area contributed by atoms with E-state index >= 15 is 0 Å². The van der Waals surface area contributed by atoms with Crippen molar-refractivity contribution < 1.29 is 9.53 Å². The number of aromatic nitrogens is 2. The van der Waals surface area contributed by atoms with Gasteiger partial charge < -0.3 is 14.2 Å². The van der Waals surface area contributed by atoms with Crippen LogP contribution >= 0.6 is 11.3 Å². The first-order chi connectivity index (χ1) is 17.7. The van der Waals surface area contributed by atoms with Gasteiger partial charge in [-0.2, -0.15) is 0 Å². The number of benzene rings is 2. The van der Waals surface area contributed by atoms with Gasteiger partial charge in [-0.15, -0.1) is 0 Å². The van der Waals surface area contributed by atoms with E-state index in [4.69, 9.17) is 9.73 Å². The Kier molecular flexibility index (Phi) is 6.37. The lowest BCUT2D eigenvalue weighted by Crippen LogP contribution is -2.40. The van der Waals surface area contributed by atoms with Gasteiger partial charge in [0.2, 0.25) is 0 Å². The number of rotatable bonds is 5. The van der Waals surface area contributed by atoms with Gasteiger partial charge in [-0.3, -0.25) is 9.36 Å². The lowest BCUT2D eigenvalue weighted by atomic mass is 9.95. The first kappa shape index (κ1) is 24.8. The maximum absolute atomic E-state index is 14.0. The number of carbonyl (C=O) groups is 1. The summed E-state index contributed by atoms with van der Waals surface area (Å²) in [5.74, 6) is -0.454. The molecular weight excluding hydrogens is 484 g/mol. The minimum absolute atomic E-state index is 0.174. The van der Waals surface area contributed by atoms with Crippen molar-refractivity contribution in [2.45, 2.75) is 26.8 Å². The second kappa shape index (κ2) is 9.52. The smallest absolute Gasteiger partial charge is 0.338 e. The normalized spacial score (nSPS) is 15.6. The Morgan fingerprint density at radius 1 is 1.14 bits per heavy atom. The summed E-state index contributed by atoms with van der Waals surface area (Å²) >= 11 is 1.35. The fourth-order valence-electron chi connectivity index (χ4n) is 4.93. The van der Waals surface area contributed by atoms with Crippen LogP contribution in [0.3, 0.4) is 0 Å². The summed E-state index contributed by atoms with van der Waals surface area (Å²) in [5.41, 5.74) is 5.83. The molecule has 2 aromatic heterocycles. The number of para-hydroxylation sites is 1. The fourth-order valence-corrected chi connectivity index (χ4v) is 5.95. The van der Waals surface area contributed by atoms with Crippen LogP contribution in [0.1, 0.15) is 36.7 Å². The number of ether oxygens (including phenoxy) is 1. The van der Waals surface area contributed by atoms with E-state index in [1.165, 1.54) is 11.3 Å². The first-order valence-electron chi connectivity index (χ1n) is 12.2. The predicted octanol–water partition coefficient (Wildman–Crippen LogP) is 3.66. The zero-order valence-corrected chi connectivity index (χ0v) is 22.7. The summed E-state index contributed by atoms with van der Waals surface area (Å²) < 4.78 is 9.75. The SMILES string of the molecule is CCOC(=O)C1=C(C)N=c2s/c(=C\c3c(C)n(C)c4ccccc34)c(=O)n2[C@@H]1c1ccc(N(C)C)cc1. The third-order valence-electron chi connectivity index (χ3n) is 6.97. The fraction of sp³-hybridized carbons (Fsp3) is 0.276. The average Bonchev–Trinajstić information content (AvgIpc) is 3.32. The number of aryl methyl sites for hydroxylation is 1. The van der Waals surface area contributed by atoms with Gasteiger partial charge in [0.15, 0.2) is 4.80 Å². The van der Waals surface area contributed by atoms with Crippen molar-refractivity contribution in [3.8, 4) is 0 Å². The van der Waals surface area contributed by atoms with Crippen LogP contribution in [0.15, 0.2) is 69.6 Å². The monoisotopic (exact) mass is 514 g/mol. The van der Waals surface area contributed by atoms with Crippen molar-refractivity contribution in [2.75, 3.05) is 25.6 Å². The van der Waals surface area contributed by atoms with Gasteiger partial charge in [0.1, 0.15) is 0 Å². The van der Waals surface area contributed by atoms with Gasteiger partial charge in [0.25, 0.3) is 5.56 Å². The van der Waals surface area contributed by atoms with Crippen LogP contribution in [-0.4, -0.2) is 35.8 Å². The second-order valence-corrected chi connectivity index (χ2v) is 10.4. The van der Waals surface area contributed by atoms with Crippen LogP contribution in [0, 0.1) is 6.92 Å². The van der Waals surface area contributed by atoms with Crippen molar-refractivity contribution in [3.05, 3.63) is 96.3 Å². The van der Waals surface area contributed by atoms with Crippen molar-refractivity contribution in [1.29, 1.82) is 0 Å². The maximum atomic E-state index is 14.0. The Balaban J connectivity index is 1.75. The van der Waals surface area contributed by atoms with Crippen molar-refractivity contribution in [1.82, 2.24) is 9.13 Å². The molecule has 1 atom stereocenters. The average molecular weight is 515 g/mol. The van der Waals surface area contributed by atoms with E-state index in [0.717, 1.165) is 33.4 Å². The van der Waals surface area contributed by atoms with E-state index in [9.17, 15) is 9.59 Å². The van der Waals surface area contributed by atoms with Gasteiger partial charge in [-0.1, -0.05) is 41.7 Å². The van der Waals surface area contributed by atoms with Gasteiger partial charge in [-0.05, 0) is 50.6 Å². The van der Waals surface area contributed by atoms with E-state index in [1.54, 1.807) is 18.4 Å². The Labute approximate surface area is 219 Å². The quantitative estimate of drug-likeness (QED) is 0.381. The molecule has 0 aliphatic carbocycles. The molecule has 8 heteroatoms. The lowest BCUT2D eigenvalue weighted by Gasteiger charge is -2.25. The molecule has 5 rings (SSSR count). The highest BCUT2D eigenvalue weighted by Crippen LogP contribution is 2.32. The number of thiazole rings is 1. The highest BCUT2D eigenvalue weighted by Gasteiger charge is 2.33. The first-order valence-corrected chi connectivity index (χ1v) is 13.1. The van der Waals surface area contributed by atoms with Crippen LogP contribution in [0.5, 0.6) is 0 Å². The molecule has 0 fully saturated rings. The zero-order chi connectivity index (χ0) is 26.4. The van der Waals surface area contributed by atoms with E-state index < -0.39 is 12.0 Å². The highest BCUT2D eigenvalue weighted by molar-refractivity contribution is 7.07. The molecule has 190 valence electrons. The Morgan fingerprint density at radius 2 is 1.84 bits per heavy atom. The molecule has 2 aromatic carbocycles. The van der Waals surface area contributed by atoms with Crippen molar-refractivity contribution in [3.63, 3.8) is 0 Å². The molecule has 1 aliphatic rings. The number of hydrogen-bond acceptors (Lipinski definition) is 6. The second-order valence-electron chi connectivity index (χ2n) is 9.36. The Bertz CT molecular complexity index is 1740. The van der Waals surface area contributed by atoms with E-state index in [2.05, 4.69) is 23.6 Å². The van der Waals surface area contributed by atoms with Gasteiger partial charge >= 0.3 is 5.97 Å². The molecular formula is C29H30N4O3S. The summed E-state index contributed by atoms with van der Waals surface area (Å²) in [7, 11) is 5.98. The molecule has 37 heavy (non-hydrogen) atoms. The van der Waals surface area contributed by atoms with Crippen LogP contribution < -0.4 is 19.8 Å². The van der Waals surface area contributed by atoms with E-state index in [0.29, 0.717) is 20.6 Å². The summed E-state index contributed by atoms with van der Waals surface area (Å²) in [6.07, 6.45) is 1.96. The van der Waals surface area contributed by atoms with E-state index in [1.807, 2.05) is 68.5 Å². The molecule has 3 heterocycles. The number of esters is 1. The largest absolute Gasteiger partial charge is 0.463 e. The molecule has 0 saturated carbocycles. The third kappa shape index (κ3) is 4.11. The number of nitrogens with zero attached hydrogens (tertiary/aromatic N) is 4. The van der Waals surface area contributed by atoms with Gasteiger partial charge in [0.05, 0.1) is 28.5 Å². The third-order valence-corrected chi connectivity index (χ3v) is 7.95. The molecule has 7 nitrogen and oxygen atoms in total. The molecule has 4 aromatic rings. The molecule has 0 spiro atoms. The lowest BCUT2D eigenvalue weighted by molar-refractivity contribution is -0.139. The Morgan fingerprint density at radius 3 is 2.51 bits per heavy atom.